The highest BCUT2D eigenvalue weighted by atomic mass is 32.1. The van der Waals surface area contributed by atoms with E-state index >= 15 is 0 Å². The van der Waals surface area contributed by atoms with Gasteiger partial charge in [-0.2, -0.15) is 0 Å². The SMILES string of the molecule is CN=C(NCCCOC)NCCNc1nc2ccccc2s1. The number of ether oxygens (including phenoxy) is 1. The molecule has 22 heavy (non-hydrogen) atoms. The van der Waals surface area contributed by atoms with Crippen LogP contribution in [-0.2, 0) is 4.74 Å². The Morgan fingerprint density at radius 1 is 1.23 bits per heavy atom. The smallest absolute Gasteiger partial charge is 0.191 e. The minimum Gasteiger partial charge on any atom is -0.385 e. The van der Waals surface area contributed by atoms with Crippen LogP contribution in [0.15, 0.2) is 29.3 Å². The van der Waals surface area contributed by atoms with Crippen LogP contribution in [-0.4, -0.2) is 51.3 Å². The van der Waals surface area contributed by atoms with E-state index in [1.54, 1.807) is 25.5 Å². The first kappa shape index (κ1) is 16.5. The minimum absolute atomic E-state index is 0.753. The van der Waals surface area contributed by atoms with Crippen LogP contribution in [0.2, 0.25) is 0 Å². The first-order valence-corrected chi connectivity index (χ1v) is 8.18. The Morgan fingerprint density at radius 2 is 2.05 bits per heavy atom. The molecule has 1 aromatic heterocycles. The summed E-state index contributed by atoms with van der Waals surface area (Å²) < 4.78 is 6.22. The van der Waals surface area contributed by atoms with Crippen LogP contribution in [0.25, 0.3) is 10.2 Å². The summed E-state index contributed by atoms with van der Waals surface area (Å²) in [5, 5.41) is 10.8. The van der Waals surface area contributed by atoms with Gasteiger partial charge in [-0.3, -0.25) is 4.99 Å². The van der Waals surface area contributed by atoms with Gasteiger partial charge in [0.25, 0.3) is 0 Å². The number of hydrogen-bond acceptors (Lipinski definition) is 5. The number of para-hydroxylation sites is 1. The quantitative estimate of drug-likeness (QED) is 0.394. The number of aliphatic imine (C=N–C) groups is 1. The van der Waals surface area contributed by atoms with Gasteiger partial charge in [0.15, 0.2) is 11.1 Å². The zero-order valence-electron chi connectivity index (χ0n) is 13.1. The molecule has 0 saturated carbocycles. The van der Waals surface area contributed by atoms with Gasteiger partial charge in [0.1, 0.15) is 0 Å². The number of fused-ring (bicyclic) bond motifs is 1. The van der Waals surface area contributed by atoms with Crippen LogP contribution in [0.5, 0.6) is 0 Å². The van der Waals surface area contributed by atoms with Crippen molar-refractivity contribution in [1.82, 2.24) is 15.6 Å². The van der Waals surface area contributed by atoms with Crippen molar-refractivity contribution >= 4 is 32.6 Å². The highest BCUT2D eigenvalue weighted by Gasteiger charge is 2.02. The lowest BCUT2D eigenvalue weighted by atomic mass is 10.3. The molecule has 0 saturated heterocycles. The topological polar surface area (TPSA) is 70.6 Å². The second kappa shape index (κ2) is 9.22. The van der Waals surface area contributed by atoms with Crippen LogP contribution < -0.4 is 16.0 Å². The maximum Gasteiger partial charge on any atom is 0.191 e. The first-order valence-electron chi connectivity index (χ1n) is 7.36. The fraction of sp³-hybridized carbons (Fsp3) is 0.467. The predicted molar refractivity (Wildman–Crippen MR) is 94.0 cm³/mol. The lowest BCUT2D eigenvalue weighted by Crippen LogP contribution is -2.40. The number of hydrogen-bond donors (Lipinski definition) is 3. The third-order valence-electron chi connectivity index (χ3n) is 3.03. The van der Waals surface area contributed by atoms with Gasteiger partial charge < -0.3 is 20.7 Å². The summed E-state index contributed by atoms with van der Waals surface area (Å²) in [5.41, 5.74) is 1.04. The molecule has 0 amide bonds. The fourth-order valence-electron chi connectivity index (χ4n) is 1.94. The van der Waals surface area contributed by atoms with E-state index in [0.717, 1.165) is 49.3 Å². The molecule has 0 aliphatic heterocycles. The van der Waals surface area contributed by atoms with Gasteiger partial charge in [0.2, 0.25) is 0 Å². The van der Waals surface area contributed by atoms with Gasteiger partial charge in [0, 0.05) is 40.4 Å². The molecule has 3 N–H and O–H groups in total. The molecule has 0 fully saturated rings. The number of nitrogens with one attached hydrogen (secondary N) is 3. The van der Waals surface area contributed by atoms with E-state index in [4.69, 9.17) is 4.74 Å². The molecule has 0 aliphatic rings. The molecule has 1 heterocycles. The molecule has 0 radical (unpaired) electrons. The van der Waals surface area contributed by atoms with Crippen molar-refractivity contribution in [2.45, 2.75) is 6.42 Å². The maximum atomic E-state index is 5.01. The molecule has 120 valence electrons. The van der Waals surface area contributed by atoms with Crippen molar-refractivity contribution in [3.05, 3.63) is 24.3 Å². The van der Waals surface area contributed by atoms with Gasteiger partial charge in [-0.15, -0.1) is 0 Å². The van der Waals surface area contributed by atoms with Gasteiger partial charge in [-0.25, -0.2) is 4.98 Å². The Hall–Kier alpha value is -1.86. The van der Waals surface area contributed by atoms with Gasteiger partial charge in [0.05, 0.1) is 10.2 Å². The summed E-state index contributed by atoms with van der Waals surface area (Å²) in [6.07, 6.45) is 0.959. The van der Waals surface area contributed by atoms with Crippen molar-refractivity contribution in [3.8, 4) is 0 Å². The lowest BCUT2D eigenvalue weighted by molar-refractivity contribution is 0.195. The third-order valence-corrected chi connectivity index (χ3v) is 4.02. The van der Waals surface area contributed by atoms with Crippen molar-refractivity contribution in [3.63, 3.8) is 0 Å². The molecule has 0 atom stereocenters. The molecule has 0 aliphatic carbocycles. The number of nitrogens with zero attached hydrogens (tertiary/aromatic N) is 2. The maximum absolute atomic E-state index is 5.01. The summed E-state index contributed by atoms with van der Waals surface area (Å²) in [6.45, 7) is 3.17. The van der Waals surface area contributed by atoms with E-state index in [0.29, 0.717) is 0 Å². The highest BCUT2D eigenvalue weighted by Crippen LogP contribution is 2.24. The molecular weight excluding hydrogens is 298 g/mol. The number of rotatable bonds is 8. The molecule has 6 nitrogen and oxygen atoms in total. The largest absolute Gasteiger partial charge is 0.385 e. The molecule has 0 unspecified atom stereocenters. The summed E-state index contributed by atoms with van der Waals surface area (Å²) in [7, 11) is 3.48. The van der Waals surface area contributed by atoms with Gasteiger partial charge in [-0.1, -0.05) is 23.5 Å². The van der Waals surface area contributed by atoms with Crippen LogP contribution in [0, 0.1) is 0 Å². The lowest BCUT2D eigenvalue weighted by Gasteiger charge is -2.11. The molecule has 0 bridgehead atoms. The van der Waals surface area contributed by atoms with Gasteiger partial charge in [-0.05, 0) is 18.6 Å². The average molecular weight is 321 g/mol. The number of guanidine groups is 1. The van der Waals surface area contributed by atoms with E-state index in [2.05, 4.69) is 32.0 Å². The summed E-state index contributed by atoms with van der Waals surface area (Å²) >= 11 is 1.67. The van der Waals surface area contributed by atoms with E-state index < -0.39 is 0 Å². The first-order chi connectivity index (χ1) is 10.8. The summed E-state index contributed by atoms with van der Waals surface area (Å²) in [6, 6.07) is 8.15. The fourth-order valence-corrected chi connectivity index (χ4v) is 2.83. The number of aromatic nitrogens is 1. The number of methoxy groups -OCH3 is 1. The van der Waals surface area contributed by atoms with E-state index in [-0.39, 0.29) is 0 Å². The Morgan fingerprint density at radius 3 is 2.82 bits per heavy atom. The van der Waals surface area contributed by atoms with Crippen molar-refractivity contribution in [2.24, 2.45) is 4.99 Å². The standard InChI is InChI=1S/C15H23N5OS/c1-16-14(17-8-5-11-21-2)18-9-10-19-15-20-12-6-3-4-7-13(12)22-15/h3-4,6-7H,5,8-11H2,1-2H3,(H,19,20)(H2,16,17,18). The molecule has 1 aromatic carbocycles. The molecular formula is C15H23N5OS. The number of benzene rings is 1. The zero-order chi connectivity index (χ0) is 15.6. The number of thiazole rings is 1. The predicted octanol–water partition coefficient (Wildman–Crippen LogP) is 1.91. The Labute approximate surface area is 135 Å². The zero-order valence-corrected chi connectivity index (χ0v) is 13.9. The van der Waals surface area contributed by atoms with E-state index in [1.807, 2.05) is 18.2 Å². The number of anilines is 1. The summed E-state index contributed by atoms with van der Waals surface area (Å²) in [5.74, 6) is 0.808. The molecule has 0 spiro atoms. The van der Waals surface area contributed by atoms with Crippen LogP contribution >= 0.6 is 11.3 Å². The van der Waals surface area contributed by atoms with Crippen LogP contribution in [0.3, 0.4) is 0 Å². The second-order valence-electron chi connectivity index (χ2n) is 4.69. The highest BCUT2D eigenvalue weighted by molar-refractivity contribution is 7.22. The normalized spacial score (nSPS) is 11.6. The monoisotopic (exact) mass is 321 g/mol. The third kappa shape index (κ3) is 5.16. The van der Waals surface area contributed by atoms with Crippen LogP contribution in [0.1, 0.15) is 6.42 Å². The molecule has 2 aromatic rings. The minimum atomic E-state index is 0.753. The average Bonchev–Trinajstić information content (AvgIpc) is 2.96. The Kier molecular flexibility index (Phi) is 6.92. The van der Waals surface area contributed by atoms with E-state index in [9.17, 15) is 0 Å². The molecule has 7 heteroatoms. The van der Waals surface area contributed by atoms with Crippen molar-refractivity contribution < 1.29 is 4.74 Å². The second-order valence-corrected chi connectivity index (χ2v) is 5.72. The van der Waals surface area contributed by atoms with Crippen molar-refractivity contribution in [1.29, 1.82) is 0 Å². The summed E-state index contributed by atoms with van der Waals surface area (Å²) in [4.78, 5) is 8.72. The van der Waals surface area contributed by atoms with Gasteiger partial charge >= 0.3 is 0 Å². The van der Waals surface area contributed by atoms with Crippen LogP contribution in [0.4, 0.5) is 5.13 Å². The Balaban J connectivity index is 1.67. The van der Waals surface area contributed by atoms with E-state index in [1.165, 1.54) is 4.70 Å². The Bertz CT molecular complexity index is 565. The van der Waals surface area contributed by atoms with Crippen molar-refractivity contribution in [2.75, 3.05) is 45.7 Å². The molecule has 2 rings (SSSR count).